The molecule has 0 radical (unpaired) electrons. The fourth-order valence-corrected chi connectivity index (χ4v) is 2.11. The number of hydrogen-bond donors (Lipinski definition) is 0. The van der Waals surface area contributed by atoms with E-state index in [1.807, 2.05) is 0 Å². The normalized spacial score (nSPS) is 11.5. The minimum Gasteiger partial charge on any atom is -0.0613 e. The Kier molecular flexibility index (Phi) is 1.18. The molecule has 0 amide bonds. The highest BCUT2D eigenvalue weighted by Crippen LogP contribution is 2.29. The van der Waals surface area contributed by atoms with Crippen molar-refractivity contribution in [2.45, 2.75) is 6.92 Å². The lowest BCUT2D eigenvalue weighted by atomic mass is 9.96. The van der Waals surface area contributed by atoms with Gasteiger partial charge >= 0.3 is 0 Å². The SMILES string of the molecule is Cc1cccc2c3ccc(cc3)c12. The largest absolute Gasteiger partial charge is 0.0613 e. The first-order valence-electron chi connectivity index (χ1n) is 4.57. The molecule has 0 aliphatic carbocycles. The quantitative estimate of drug-likeness (QED) is 0.477. The molecule has 0 N–H and O–H groups in total. The van der Waals surface area contributed by atoms with E-state index in [0.29, 0.717) is 0 Å². The highest BCUT2D eigenvalue weighted by molar-refractivity contribution is 6.10. The molecule has 0 spiro atoms. The van der Waals surface area contributed by atoms with Crippen molar-refractivity contribution >= 4 is 21.5 Å². The van der Waals surface area contributed by atoms with Crippen LogP contribution < -0.4 is 0 Å². The van der Waals surface area contributed by atoms with Gasteiger partial charge in [0.2, 0.25) is 0 Å². The molecule has 4 aromatic rings. The Balaban J connectivity index is 2.73. The average molecular weight is 166 g/mol. The van der Waals surface area contributed by atoms with Crippen LogP contribution in [0.5, 0.6) is 0 Å². The van der Waals surface area contributed by atoms with Crippen LogP contribution in [0.25, 0.3) is 21.5 Å². The molecule has 0 saturated heterocycles. The Bertz CT molecular complexity index is 544. The molecule has 0 aliphatic heterocycles. The number of benzene rings is 4. The van der Waals surface area contributed by atoms with E-state index in [1.54, 1.807) is 0 Å². The summed E-state index contributed by atoms with van der Waals surface area (Å²) in [6, 6.07) is 15.3. The first-order valence-corrected chi connectivity index (χ1v) is 4.57. The van der Waals surface area contributed by atoms with Crippen LogP contribution in [0, 0.1) is 6.92 Å². The Morgan fingerprint density at radius 3 is 2.15 bits per heavy atom. The summed E-state index contributed by atoms with van der Waals surface area (Å²) in [4.78, 5) is 0. The number of fused-ring (bicyclic) bond motifs is 2. The molecule has 0 heterocycles. The fourth-order valence-electron chi connectivity index (χ4n) is 2.11. The summed E-state index contributed by atoms with van der Waals surface area (Å²) in [6.07, 6.45) is 0. The third-order valence-corrected chi connectivity index (χ3v) is 2.76. The second kappa shape index (κ2) is 2.23. The lowest BCUT2D eigenvalue weighted by Crippen LogP contribution is -1.82. The fraction of sp³-hybridized carbons (Fsp3) is 0.0769. The molecule has 13 heavy (non-hydrogen) atoms. The molecule has 0 nitrogen and oxygen atoms in total. The highest BCUT2D eigenvalue weighted by atomic mass is 14.1. The van der Waals surface area contributed by atoms with E-state index in [9.17, 15) is 0 Å². The van der Waals surface area contributed by atoms with Gasteiger partial charge in [-0.05, 0) is 34.0 Å². The summed E-state index contributed by atoms with van der Waals surface area (Å²) in [5, 5.41) is 5.50. The van der Waals surface area contributed by atoms with Crippen molar-refractivity contribution in [3.8, 4) is 0 Å². The third kappa shape index (κ3) is 0.803. The molecule has 0 aliphatic rings. The zero-order valence-electron chi connectivity index (χ0n) is 7.54. The maximum Gasteiger partial charge on any atom is -0.00761 e. The molecule has 0 saturated carbocycles. The van der Waals surface area contributed by atoms with Gasteiger partial charge in [-0.1, -0.05) is 42.5 Å². The van der Waals surface area contributed by atoms with Gasteiger partial charge in [-0.15, -0.1) is 0 Å². The topological polar surface area (TPSA) is 0 Å². The Hall–Kier alpha value is -1.56. The van der Waals surface area contributed by atoms with Crippen LogP contribution in [0.4, 0.5) is 0 Å². The molecular weight excluding hydrogens is 156 g/mol. The van der Waals surface area contributed by atoms with E-state index >= 15 is 0 Å². The van der Waals surface area contributed by atoms with Crippen LogP contribution in [0.2, 0.25) is 0 Å². The molecule has 62 valence electrons. The van der Waals surface area contributed by atoms with E-state index in [4.69, 9.17) is 0 Å². The molecule has 0 heteroatoms. The van der Waals surface area contributed by atoms with Gasteiger partial charge in [0.25, 0.3) is 0 Å². The lowest BCUT2D eigenvalue weighted by molar-refractivity contribution is 1.54. The molecule has 0 unspecified atom stereocenters. The van der Waals surface area contributed by atoms with E-state index in [2.05, 4.69) is 49.4 Å². The molecule has 4 aromatic carbocycles. The number of aryl methyl sites for hydroxylation is 1. The van der Waals surface area contributed by atoms with Gasteiger partial charge in [0.15, 0.2) is 0 Å². The van der Waals surface area contributed by atoms with Crippen molar-refractivity contribution in [1.82, 2.24) is 0 Å². The van der Waals surface area contributed by atoms with Crippen molar-refractivity contribution in [1.29, 1.82) is 0 Å². The van der Waals surface area contributed by atoms with E-state index < -0.39 is 0 Å². The number of hydrogen-bond acceptors (Lipinski definition) is 0. The Morgan fingerprint density at radius 1 is 0.769 bits per heavy atom. The van der Waals surface area contributed by atoms with Gasteiger partial charge in [0, 0.05) is 0 Å². The predicted octanol–water partition coefficient (Wildman–Crippen LogP) is 3.74. The van der Waals surface area contributed by atoms with Gasteiger partial charge in [0.05, 0.1) is 0 Å². The van der Waals surface area contributed by atoms with Crippen LogP contribution in [0.1, 0.15) is 5.56 Å². The van der Waals surface area contributed by atoms with Crippen molar-refractivity contribution < 1.29 is 0 Å². The standard InChI is InChI=1S/C13H10/c1-9-3-2-4-12-10-5-7-11(8-6-10)13(9)12/h2-8H,1H3. The first kappa shape index (κ1) is 6.90. The Labute approximate surface area is 77.1 Å². The molecule has 0 fully saturated rings. The minimum atomic E-state index is 1.34. The second-order valence-electron chi connectivity index (χ2n) is 3.57. The summed E-state index contributed by atoms with van der Waals surface area (Å²) in [7, 11) is 0. The molecular formula is C13H10. The molecule has 0 aromatic heterocycles. The third-order valence-electron chi connectivity index (χ3n) is 2.76. The summed E-state index contributed by atoms with van der Waals surface area (Å²) >= 11 is 0. The van der Waals surface area contributed by atoms with Crippen LogP contribution in [0.15, 0.2) is 42.5 Å². The average Bonchev–Trinajstić information content (AvgIpc) is 2.20. The molecule has 2 bridgehead atoms. The van der Waals surface area contributed by atoms with Crippen LogP contribution in [-0.2, 0) is 0 Å². The Morgan fingerprint density at radius 2 is 1.46 bits per heavy atom. The van der Waals surface area contributed by atoms with Crippen molar-refractivity contribution in [3.05, 3.63) is 48.0 Å². The summed E-state index contributed by atoms with van der Waals surface area (Å²) in [5.41, 5.74) is 1.37. The van der Waals surface area contributed by atoms with E-state index in [0.717, 1.165) is 0 Å². The monoisotopic (exact) mass is 166 g/mol. The maximum atomic E-state index is 2.20. The second-order valence-corrected chi connectivity index (χ2v) is 3.57. The van der Waals surface area contributed by atoms with Gasteiger partial charge < -0.3 is 0 Å². The van der Waals surface area contributed by atoms with E-state index in [-0.39, 0.29) is 0 Å². The molecule has 4 rings (SSSR count). The van der Waals surface area contributed by atoms with Gasteiger partial charge in [-0.3, -0.25) is 0 Å². The lowest BCUT2D eigenvalue weighted by Gasteiger charge is -2.08. The maximum absolute atomic E-state index is 2.20. The van der Waals surface area contributed by atoms with Crippen molar-refractivity contribution in [2.75, 3.05) is 0 Å². The first-order chi connectivity index (χ1) is 6.36. The summed E-state index contributed by atoms with van der Waals surface area (Å²) < 4.78 is 0. The van der Waals surface area contributed by atoms with Gasteiger partial charge in [0.1, 0.15) is 0 Å². The minimum absolute atomic E-state index is 1.34. The van der Waals surface area contributed by atoms with Crippen LogP contribution in [0.3, 0.4) is 0 Å². The zero-order valence-corrected chi connectivity index (χ0v) is 7.54. The smallest absolute Gasteiger partial charge is 0.00761 e. The zero-order chi connectivity index (χ0) is 8.84. The summed E-state index contributed by atoms with van der Waals surface area (Å²) in [5.74, 6) is 0. The summed E-state index contributed by atoms with van der Waals surface area (Å²) in [6.45, 7) is 2.18. The highest BCUT2D eigenvalue weighted by Gasteiger charge is 2.03. The molecule has 0 atom stereocenters. The van der Waals surface area contributed by atoms with Crippen LogP contribution >= 0.6 is 0 Å². The number of rotatable bonds is 0. The van der Waals surface area contributed by atoms with Gasteiger partial charge in [-0.25, -0.2) is 0 Å². The predicted molar refractivity (Wildman–Crippen MR) is 57.4 cm³/mol. The van der Waals surface area contributed by atoms with Crippen molar-refractivity contribution in [2.24, 2.45) is 0 Å². The van der Waals surface area contributed by atoms with Gasteiger partial charge in [-0.2, -0.15) is 0 Å². The van der Waals surface area contributed by atoms with Crippen molar-refractivity contribution in [3.63, 3.8) is 0 Å². The van der Waals surface area contributed by atoms with Crippen LogP contribution in [-0.4, -0.2) is 0 Å². The van der Waals surface area contributed by atoms with E-state index in [1.165, 1.54) is 27.1 Å².